The minimum atomic E-state index is -4.74. The summed E-state index contributed by atoms with van der Waals surface area (Å²) in [6, 6.07) is 13.3. The van der Waals surface area contributed by atoms with E-state index < -0.39 is 6.36 Å². The quantitative estimate of drug-likeness (QED) is 0.667. The number of alkyl halides is 3. The molecule has 0 atom stereocenters. The number of nitrogens with two attached hydrogens (primary N) is 1. The lowest BCUT2D eigenvalue weighted by Gasteiger charge is -2.30. The van der Waals surface area contributed by atoms with Gasteiger partial charge in [0.2, 0.25) is 5.96 Å². The van der Waals surface area contributed by atoms with Crippen LogP contribution < -0.4 is 15.4 Å². The van der Waals surface area contributed by atoms with Crippen molar-refractivity contribution in [2.45, 2.75) is 19.2 Å². The fourth-order valence-corrected chi connectivity index (χ4v) is 2.71. The van der Waals surface area contributed by atoms with Crippen molar-refractivity contribution in [2.24, 2.45) is 10.7 Å². The molecule has 0 aromatic heterocycles. The van der Waals surface area contributed by atoms with E-state index in [0.29, 0.717) is 12.2 Å². The second-order valence-electron chi connectivity index (χ2n) is 5.40. The molecule has 1 aliphatic rings. The predicted molar refractivity (Wildman–Crippen MR) is 86.5 cm³/mol. The Hall–Kier alpha value is -2.70. The first-order valence-corrected chi connectivity index (χ1v) is 7.48. The summed E-state index contributed by atoms with van der Waals surface area (Å²) in [7, 11) is 0. The molecule has 3 rings (SSSR count). The van der Waals surface area contributed by atoms with Crippen LogP contribution in [0.2, 0.25) is 0 Å². The van der Waals surface area contributed by atoms with Crippen LogP contribution in [-0.4, -0.2) is 18.9 Å². The highest BCUT2D eigenvalue weighted by atomic mass is 19.4. The molecule has 0 spiro atoms. The van der Waals surface area contributed by atoms with Gasteiger partial charge in [-0.05, 0) is 36.6 Å². The van der Waals surface area contributed by atoms with Crippen LogP contribution in [0.25, 0.3) is 0 Å². The van der Waals surface area contributed by atoms with Crippen LogP contribution in [0.15, 0.2) is 53.5 Å². The maximum atomic E-state index is 12.3. The molecule has 0 bridgehead atoms. The van der Waals surface area contributed by atoms with Crippen molar-refractivity contribution in [1.29, 1.82) is 0 Å². The van der Waals surface area contributed by atoms with Crippen LogP contribution in [0.4, 0.5) is 24.5 Å². The van der Waals surface area contributed by atoms with Crippen molar-refractivity contribution in [3.8, 4) is 5.75 Å². The molecule has 1 aliphatic heterocycles. The average molecular weight is 335 g/mol. The maximum Gasteiger partial charge on any atom is 0.573 e. The number of nitrogens with zero attached hydrogens (tertiary/aromatic N) is 2. The maximum absolute atomic E-state index is 12.3. The SMILES string of the molecule is NC(=Nc1cccc(OC(F)(F)F)c1)N1CCCc2ccccc21. The molecule has 0 aliphatic carbocycles. The van der Waals surface area contributed by atoms with E-state index in [1.807, 2.05) is 29.2 Å². The van der Waals surface area contributed by atoms with Gasteiger partial charge in [0, 0.05) is 18.3 Å². The van der Waals surface area contributed by atoms with Crippen LogP contribution >= 0.6 is 0 Å². The molecule has 2 N–H and O–H groups in total. The zero-order valence-corrected chi connectivity index (χ0v) is 12.8. The topological polar surface area (TPSA) is 50.9 Å². The third-order valence-corrected chi connectivity index (χ3v) is 3.68. The van der Waals surface area contributed by atoms with E-state index >= 15 is 0 Å². The highest BCUT2D eigenvalue weighted by molar-refractivity contribution is 5.97. The number of benzene rings is 2. The third kappa shape index (κ3) is 3.79. The summed E-state index contributed by atoms with van der Waals surface area (Å²) in [5.41, 5.74) is 8.54. The first-order valence-electron chi connectivity index (χ1n) is 7.48. The molecule has 2 aromatic rings. The molecule has 0 fully saturated rings. The van der Waals surface area contributed by atoms with Crippen molar-refractivity contribution in [3.63, 3.8) is 0 Å². The first kappa shape index (κ1) is 16.2. The van der Waals surface area contributed by atoms with Gasteiger partial charge in [-0.25, -0.2) is 4.99 Å². The molecule has 0 unspecified atom stereocenters. The molecule has 24 heavy (non-hydrogen) atoms. The second kappa shape index (κ2) is 6.43. The molecule has 2 aromatic carbocycles. The van der Waals surface area contributed by atoms with E-state index in [1.54, 1.807) is 6.07 Å². The van der Waals surface area contributed by atoms with Crippen molar-refractivity contribution >= 4 is 17.3 Å². The molecule has 7 heteroatoms. The zero-order valence-electron chi connectivity index (χ0n) is 12.8. The van der Waals surface area contributed by atoms with Crippen LogP contribution in [0.5, 0.6) is 5.75 Å². The Morgan fingerprint density at radius 1 is 1.12 bits per heavy atom. The van der Waals surface area contributed by atoms with Crippen LogP contribution in [-0.2, 0) is 6.42 Å². The van der Waals surface area contributed by atoms with E-state index in [9.17, 15) is 13.2 Å². The highest BCUT2D eigenvalue weighted by Gasteiger charge is 2.31. The standard InChI is InChI=1S/C17H16F3N3O/c18-17(19,20)24-14-8-3-7-13(11-14)22-16(21)23-10-4-6-12-5-1-2-9-15(12)23/h1-3,5,7-9,11H,4,6,10H2,(H2,21,22). The van der Waals surface area contributed by atoms with Crippen LogP contribution in [0.1, 0.15) is 12.0 Å². The lowest BCUT2D eigenvalue weighted by Crippen LogP contribution is -2.40. The van der Waals surface area contributed by atoms with E-state index in [1.165, 1.54) is 23.8 Å². The number of aliphatic imine (C=N–C) groups is 1. The van der Waals surface area contributed by atoms with Gasteiger partial charge in [0.1, 0.15) is 5.75 Å². The molecule has 0 amide bonds. The number of rotatable bonds is 2. The Labute approximate surface area is 137 Å². The summed E-state index contributed by atoms with van der Waals surface area (Å²) in [5.74, 6) is -0.0816. The van der Waals surface area contributed by atoms with Crippen LogP contribution in [0.3, 0.4) is 0 Å². The van der Waals surface area contributed by atoms with Gasteiger partial charge in [0.15, 0.2) is 0 Å². The number of hydrogen-bond acceptors (Lipinski definition) is 2. The third-order valence-electron chi connectivity index (χ3n) is 3.68. The van der Waals surface area contributed by atoms with Gasteiger partial charge >= 0.3 is 6.36 Å². The highest BCUT2D eigenvalue weighted by Crippen LogP contribution is 2.29. The fourth-order valence-electron chi connectivity index (χ4n) is 2.71. The zero-order chi connectivity index (χ0) is 17.2. The van der Waals surface area contributed by atoms with Gasteiger partial charge in [0.05, 0.1) is 5.69 Å². The molecule has 0 saturated heterocycles. The number of halogens is 3. The Bertz CT molecular complexity index is 759. The lowest BCUT2D eigenvalue weighted by atomic mass is 10.0. The van der Waals surface area contributed by atoms with Gasteiger partial charge in [0.25, 0.3) is 0 Å². The van der Waals surface area contributed by atoms with Gasteiger partial charge in [-0.2, -0.15) is 0 Å². The number of aryl methyl sites for hydroxylation is 1. The van der Waals surface area contributed by atoms with Gasteiger partial charge < -0.3 is 15.4 Å². The van der Waals surface area contributed by atoms with Gasteiger partial charge in [-0.3, -0.25) is 0 Å². The van der Waals surface area contributed by atoms with E-state index in [-0.39, 0.29) is 11.7 Å². The van der Waals surface area contributed by atoms with Crippen molar-refractivity contribution in [2.75, 3.05) is 11.4 Å². The van der Waals surface area contributed by atoms with Crippen LogP contribution in [0, 0.1) is 0 Å². The van der Waals surface area contributed by atoms with Crippen molar-refractivity contribution in [1.82, 2.24) is 0 Å². The lowest BCUT2D eigenvalue weighted by molar-refractivity contribution is -0.274. The number of ether oxygens (including phenoxy) is 1. The number of fused-ring (bicyclic) bond motifs is 1. The molecular formula is C17H16F3N3O. The Morgan fingerprint density at radius 3 is 2.71 bits per heavy atom. The molecule has 126 valence electrons. The Morgan fingerprint density at radius 2 is 1.92 bits per heavy atom. The summed E-state index contributed by atoms with van der Waals surface area (Å²) in [6.07, 6.45) is -2.83. The van der Waals surface area contributed by atoms with Crippen molar-refractivity contribution in [3.05, 3.63) is 54.1 Å². The first-order chi connectivity index (χ1) is 11.4. The summed E-state index contributed by atoms with van der Waals surface area (Å²) >= 11 is 0. The number of hydrogen-bond donors (Lipinski definition) is 1. The number of para-hydroxylation sites is 1. The average Bonchev–Trinajstić information content (AvgIpc) is 2.53. The summed E-state index contributed by atoms with van der Waals surface area (Å²) in [6.45, 7) is 0.713. The molecule has 4 nitrogen and oxygen atoms in total. The summed E-state index contributed by atoms with van der Waals surface area (Å²) < 4.78 is 40.8. The van der Waals surface area contributed by atoms with E-state index in [4.69, 9.17) is 5.73 Å². The largest absolute Gasteiger partial charge is 0.573 e. The van der Waals surface area contributed by atoms with E-state index in [0.717, 1.165) is 18.5 Å². The summed E-state index contributed by atoms with van der Waals surface area (Å²) in [4.78, 5) is 6.12. The Kier molecular flexibility index (Phi) is 4.33. The Balaban J connectivity index is 1.86. The normalized spacial score (nSPS) is 15.1. The predicted octanol–water partition coefficient (Wildman–Crippen LogP) is 3.98. The molecule has 1 heterocycles. The molecular weight excluding hydrogens is 319 g/mol. The molecule has 0 saturated carbocycles. The number of anilines is 1. The van der Waals surface area contributed by atoms with Crippen molar-refractivity contribution < 1.29 is 17.9 Å². The minimum Gasteiger partial charge on any atom is -0.406 e. The minimum absolute atomic E-state index is 0.242. The molecule has 0 radical (unpaired) electrons. The van der Waals surface area contributed by atoms with E-state index in [2.05, 4.69) is 9.73 Å². The van der Waals surface area contributed by atoms with Gasteiger partial charge in [-0.15, -0.1) is 13.2 Å². The summed E-state index contributed by atoms with van der Waals surface area (Å²) in [5, 5.41) is 0. The fraction of sp³-hybridized carbons (Fsp3) is 0.235. The second-order valence-corrected chi connectivity index (χ2v) is 5.40. The van der Waals surface area contributed by atoms with Gasteiger partial charge in [-0.1, -0.05) is 24.3 Å². The monoisotopic (exact) mass is 335 g/mol. The number of guanidine groups is 1. The smallest absolute Gasteiger partial charge is 0.406 e.